The summed E-state index contributed by atoms with van der Waals surface area (Å²) in [5.41, 5.74) is 7.49. The highest BCUT2D eigenvalue weighted by Gasteiger charge is 2.28. The van der Waals surface area contributed by atoms with Crippen molar-refractivity contribution >= 4 is 42.4 Å². The summed E-state index contributed by atoms with van der Waals surface area (Å²) in [6.45, 7) is 6.00. The van der Waals surface area contributed by atoms with Gasteiger partial charge < -0.3 is 4.57 Å². The third-order valence-corrected chi connectivity index (χ3v) is 9.17. The van der Waals surface area contributed by atoms with Gasteiger partial charge in [-0.15, -0.1) is 0 Å². The van der Waals surface area contributed by atoms with Crippen molar-refractivity contribution in [3.05, 3.63) is 106 Å². The number of nitrogens with zero attached hydrogens (tertiary/aromatic N) is 2. The van der Waals surface area contributed by atoms with Gasteiger partial charge in [-0.3, -0.25) is 0 Å². The highest BCUT2D eigenvalue weighted by Crippen LogP contribution is 2.36. The highest BCUT2D eigenvalue weighted by molar-refractivity contribution is 9.10. The summed E-state index contributed by atoms with van der Waals surface area (Å²) in [5, 5.41) is 1.23. The molecule has 6 heteroatoms. The first kappa shape index (κ1) is 23.1. The van der Waals surface area contributed by atoms with E-state index in [1.807, 2.05) is 0 Å². The molecule has 174 valence electrons. The molecule has 2 heterocycles. The number of rotatable bonds is 5. The Morgan fingerprint density at radius 1 is 0.912 bits per heavy atom. The van der Waals surface area contributed by atoms with E-state index in [9.17, 15) is 8.42 Å². The van der Waals surface area contributed by atoms with Crippen molar-refractivity contribution in [2.75, 3.05) is 13.1 Å². The molecule has 4 aromatic rings. The van der Waals surface area contributed by atoms with Crippen molar-refractivity contribution in [3.63, 3.8) is 0 Å². The van der Waals surface area contributed by atoms with Crippen molar-refractivity contribution in [1.29, 1.82) is 0 Å². The molecule has 0 unspecified atom stereocenters. The molecule has 0 spiro atoms. The Morgan fingerprint density at radius 2 is 1.62 bits per heavy atom. The van der Waals surface area contributed by atoms with Gasteiger partial charge in [0.05, 0.1) is 4.90 Å². The van der Waals surface area contributed by atoms with Crippen LogP contribution in [0, 0.1) is 13.8 Å². The number of hydrogen-bond acceptors (Lipinski definition) is 2. The van der Waals surface area contributed by atoms with Crippen molar-refractivity contribution < 1.29 is 8.42 Å². The van der Waals surface area contributed by atoms with Crippen LogP contribution in [-0.2, 0) is 16.6 Å². The molecule has 0 atom stereocenters. The molecule has 0 saturated heterocycles. The maximum atomic E-state index is 13.1. The van der Waals surface area contributed by atoms with Gasteiger partial charge in [-0.05, 0) is 67.3 Å². The van der Waals surface area contributed by atoms with Crippen molar-refractivity contribution in [2.45, 2.75) is 31.7 Å². The fourth-order valence-electron chi connectivity index (χ4n) is 4.85. The topological polar surface area (TPSA) is 42.3 Å². The van der Waals surface area contributed by atoms with Crippen LogP contribution >= 0.6 is 15.9 Å². The van der Waals surface area contributed by atoms with Gasteiger partial charge in [0.25, 0.3) is 0 Å². The molecule has 34 heavy (non-hydrogen) atoms. The molecule has 4 nitrogen and oxygen atoms in total. The number of aromatic nitrogens is 1. The van der Waals surface area contributed by atoms with E-state index >= 15 is 0 Å². The van der Waals surface area contributed by atoms with Gasteiger partial charge >= 0.3 is 0 Å². The zero-order valence-corrected chi connectivity index (χ0v) is 21.7. The number of aryl methyl sites for hydroxylation is 1. The van der Waals surface area contributed by atoms with Crippen molar-refractivity contribution in [1.82, 2.24) is 8.87 Å². The lowest BCUT2D eigenvalue weighted by Gasteiger charge is -2.26. The fourth-order valence-corrected chi connectivity index (χ4v) is 6.49. The quantitative estimate of drug-likeness (QED) is 0.291. The number of benzene rings is 3. The first-order valence-corrected chi connectivity index (χ1v) is 13.7. The van der Waals surface area contributed by atoms with Gasteiger partial charge in [0.15, 0.2) is 0 Å². The molecule has 0 bridgehead atoms. The van der Waals surface area contributed by atoms with Gasteiger partial charge in [-0.2, -0.15) is 4.31 Å². The predicted molar refractivity (Wildman–Crippen MR) is 142 cm³/mol. The SMILES string of the molecule is Cc1ccccc1Cn1c(C)c(C2=CCN(S(=O)(=O)c3ccc(Br)cc3)CC2)c2ccccc21. The summed E-state index contributed by atoms with van der Waals surface area (Å²) in [4.78, 5) is 0.332. The predicted octanol–water partition coefficient (Wildman–Crippen LogP) is 6.55. The molecule has 1 aliphatic heterocycles. The summed E-state index contributed by atoms with van der Waals surface area (Å²) in [6.07, 6.45) is 2.78. The van der Waals surface area contributed by atoms with Crippen LogP contribution in [0.25, 0.3) is 16.5 Å². The van der Waals surface area contributed by atoms with Crippen LogP contribution in [0.3, 0.4) is 0 Å². The lowest BCUT2D eigenvalue weighted by atomic mass is 9.97. The molecule has 1 aliphatic rings. The first-order valence-electron chi connectivity index (χ1n) is 11.4. The van der Waals surface area contributed by atoms with Gasteiger partial charge in [0.2, 0.25) is 10.0 Å². The van der Waals surface area contributed by atoms with E-state index in [0.29, 0.717) is 24.4 Å². The molecule has 5 rings (SSSR count). The van der Waals surface area contributed by atoms with E-state index in [-0.39, 0.29) is 0 Å². The minimum Gasteiger partial charge on any atom is -0.340 e. The standard InChI is InChI=1S/C28H27BrN2O2S/c1-20-7-3-4-8-23(20)19-31-21(2)28(26-9-5-6-10-27(26)31)22-15-17-30(18-16-22)34(32,33)25-13-11-24(29)12-14-25/h3-15H,16-19H2,1-2H3. The monoisotopic (exact) mass is 534 g/mol. The Kier molecular flexibility index (Phi) is 6.23. The third kappa shape index (κ3) is 4.15. The maximum Gasteiger partial charge on any atom is 0.243 e. The number of hydrogen-bond donors (Lipinski definition) is 0. The van der Waals surface area contributed by atoms with Crippen molar-refractivity contribution in [3.8, 4) is 0 Å². The molecule has 0 aliphatic carbocycles. The normalized spacial score (nSPS) is 15.0. The van der Waals surface area contributed by atoms with Crippen LogP contribution < -0.4 is 0 Å². The van der Waals surface area contributed by atoms with Crippen LogP contribution in [0.1, 0.15) is 28.8 Å². The third-order valence-electron chi connectivity index (χ3n) is 6.76. The summed E-state index contributed by atoms with van der Waals surface area (Å²) in [6, 6.07) is 23.9. The number of halogens is 1. The fraction of sp³-hybridized carbons (Fsp3) is 0.214. The molecule has 0 amide bonds. The zero-order valence-electron chi connectivity index (χ0n) is 19.3. The van der Waals surface area contributed by atoms with Gasteiger partial charge in [0, 0.05) is 46.3 Å². The van der Waals surface area contributed by atoms with Crippen LogP contribution in [0.4, 0.5) is 0 Å². The van der Waals surface area contributed by atoms with E-state index in [4.69, 9.17) is 0 Å². The summed E-state index contributed by atoms with van der Waals surface area (Å²) < 4.78 is 31.1. The summed E-state index contributed by atoms with van der Waals surface area (Å²) in [7, 11) is -3.51. The lowest BCUT2D eigenvalue weighted by Crippen LogP contribution is -2.34. The molecule has 1 aromatic heterocycles. The van der Waals surface area contributed by atoms with E-state index < -0.39 is 10.0 Å². The Hall–Kier alpha value is -2.67. The second-order valence-corrected chi connectivity index (χ2v) is 11.6. The van der Waals surface area contributed by atoms with Crippen LogP contribution in [0.15, 0.2) is 88.2 Å². The highest BCUT2D eigenvalue weighted by atomic mass is 79.9. The van der Waals surface area contributed by atoms with Gasteiger partial charge in [0.1, 0.15) is 0 Å². The second-order valence-electron chi connectivity index (χ2n) is 8.79. The Bertz CT molecular complexity index is 1500. The second kappa shape index (κ2) is 9.17. The minimum absolute atomic E-state index is 0.332. The number of sulfonamides is 1. The van der Waals surface area contributed by atoms with Crippen molar-refractivity contribution in [2.24, 2.45) is 0 Å². The average Bonchev–Trinajstić information content (AvgIpc) is 3.12. The number of fused-ring (bicyclic) bond motifs is 1. The largest absolute Gasteiger partial charge is 0.340 e. The molecular formula is C28H27BrN2O2S. The number of para-hydroxylation sites is 1. The minimum atomic E-state index is -3.51. The Balaban J connectivity index is 1.50. The van der Waals surface area contributed by atoms with E-state index in [1.165, 1.54) is 38.9 Å². The molecule has 0 radical (unpaired) electrons. The Labute approximate surface area is 209 Å². The molecule has 0 saturated carbocycles. The Morgan fingerprint density at radius 3 is 2.32 bits per heavy atom. The van der Waals surface area contributed by atoms with E-state index in [2.05, 4.69) is 89.0 Å². The molecule has 0 N–H and O–H groups in total. The lowest BCUT2D eigenvalue weighted by molar-refractivity contribution is 0.441. The molecule has 3 aromatic carbocycles. The van der Waals surface area contributed by atoms with Crippen LogP contribution in [0.2, 0.25) is 0 Å². The maximum absolute atomic E-state index is 13.1. The van der Waals surface area contributed by atoms with Crippen LogP contribution in [0.5, 0.6) is 0 Å². The van der Waals surface area contributed by atoms with E-state index in [0.717, 1.165) is 11.0 Å². The van der Waals surface area contributed by atoms with Gasteiger partial charge in [-0.1, -0.05) is 64.5 Å². The smallest absolute Gasteiger partial charge is 0.243 e. The molecule has 0 fully saturated rings. The van der Waals surface area contributed by atoms with Crippen LogP contribution in [-0.4, -0.2) is 30.4 Å². The zero-order chi connectivity index (χ0) is 23.9. The summed E-state index contributed by atoms with van der Waals surface area (Å²) >= 11 is 3.38. The first-order chi connectivity index (χ1) is 16.4. The average molecular weight is 536 g/mol. The van der Waals surface area contributed by atoms with Gasteiger partial charge in [-0.25, -0.2) is 8.42 Å². The summed E-state index contributed by atoms with van der Waals surface area (Å²) in [5.74, 6) is 0. The molecular weight excluding hydrogens is 508 g/mol. The van der Waals surface area contributed by atoms with E-state index in [1.54, 1.807) is 28.6 Å².